The third-order valence-corrected chi connectivity index (χ3v) is 7.56. The molecule has 0 aromatic heterocycles. The van der Waals surface area contributed by atoms with Crippen molar-refractivity contribution in [2.24, 2.45) is 0 Å². The number of amides is 1. The Morgan fingerprint density at radius 1 is 1.10 bits per heavy atom. The molecule has 1 N–H and O–H groups in total. The zero-order valence-corrected chi connectivity index (χ0v) is 19.4. The number of anilines is 2. The molecule has 0 spiro atoms. The van der Waals surface area contributed by atoms with Crippen molar-refractivity contribution in [3.8, 4) is 0 Å². The summed E-state index contributed by atoms with van der Waals surface area (Å²) >= 11 is 0. The molecule has 6 heteroatoms. The van der Waals surface area contributed by atoms with Crippen LogP contribution in [0.4, 0.5) is 11.4 Å². The standard InChI is InChI=1S/C24H33N2O3P/c1-5-7-14-26-23-12-11-22(16-20(23)10-13-24(26)27)25-30(28,29-6-2)17-21-9-8-18(3)15-19(21)4/h8-9,11-12,15-16H,5-7,10,13-14,17H2,1-4H3,(H,25,28). The van der Waals surface area contributed by atoms with E-state index in [0.717, 1.165) is 47.5 Å². The highest BCUT2D eigenvalue weighted by Gasteiger charge is 2.27. The number of hydrogen-bond acceptors (Lipinski definition) is 3. The van der Waals surface area contributed by atoms with Crippen molar-refractivity contribution in [2.45, 2.75) is 59.5 Å². The van der Waals surface area contributed by atoms with Crippen molar-refractivity contribution < 1.29 is 13.9 Å². The van der Waals surface area contributed by atoms with Crippen LogP contribution in [0.5, 0.6) is 0 Å². The fourth-order valence-electron chi connectivity index (χ4n) is 3.96. The van der Waals surface area contributed by atoms with Gasteiger partial charge in [0.2, 0.25) is 5.91 Å². The zero-order valence-electron chi connectivity index (χ0n) is 18.5. The van der Waals surface area contributed by atoms with Crippen LogP contribution in [0, 0.1) is 13.8 Å². The lowest BCUT2D eigenvalue weighted by atomic mass is 10.00. The molecule has 0 bridgehead atoms. The van der Waals surface area contributed by atoms with Gasteiger partial charge in [-0.3, -0.25) is 9.36 Å². The molecule has 0 saturated heterocycles. The number of benzene rings is 2. The van der Waals surface area contributed by atoms with Gasteiger partial charge in [0.15, 0.2) is 0 Å². The number of nitrogens with zero attached hydrogens (tertiary/aromatic N) is 1. The molecule has 0 fully saturated rings. The summed E-state index contributed by atoms with van der Waals surface area (Å²) in [5.41, 5.74) is 6.20. The molecule has 162 valence electrons. The van der Waals surface area contributed by atoms with Crippen molar-refractivity contribution in [3.05, 3.63) is 58.7 Å². The number of carbonyl (C=O) groups is 1. The second kappa shape index (κ2) is 9.80. The first-order valence-electron chi connectivity index (χ1n) is 10.9. The lowest BCUT2D eigenvalue weighted by Crippen LogP contribution is -2.35. The Balaban J connectivity index is 1.83. The summed E-state index contributed by atoms with van der Waals surface area (Å²) in [7, 11) is -3.12. The van der Waals surface area contributed by atoms with Crippen LogP contribution in [0.1, 0.15) is 55.4 Å². The van der Waals surface area contributed by atoms with Crippen molar-refractivity contribution in [1.29, 1.82) is 0 Å². The van der Waals surface area contributed by atoms with E-state index in [1.807, 2.05) is 49.1 Å². The molecule has 0 saturated carbocycles. The summed E-state index contributed by atoms with van der Waals surface area (Å²) in [6, 6.07) is 12.1. The molecule has 2 aromatic rings. The molecule has 3 rings (SSSR count). The van der Waals surface area contributed by atoms with Crippen molar-refractivity contribution in [1.82, 2.24) is 0 Å². The van der Waals surface area contributed by atoms with Crippen LogP contribution in [0.3, 0.4) is 0 Å². The Bertz CT molecular complexity index is 957. The van der Waals surface area contributed by atoms with E-state index in [2.05, 4.69) is 25.0 Å². The van der Waals surface area contributed by atoms with Crippen molar-refractivity contribution in [3.63, 3.8) is 0 Å². The molecule has 1 aliphatic heterocycles. The minimum atomic E-state index is -3.12. The third-order valence-electron chi connectivity index (χ3n) is 5.53. The van der Waals surface area contributed by atoms with Crippen LogP contribution in [-0.2, 0) is 26.5 Å². The van der Waals surface area contributed by atoms with Crippen LogP contribution < -0.4 is 9.99 Å². The first-order chi connectivity index (χ1) is 14.3. The fourth-order valence-corrected chi connectivity index (χ4v) is 5.95. The number of aryl methyl sites for hydroxylation is 3. The van der Waals surface area contributed by atoms with Crippen molar-refractivity contribution in [2.75, 3.05) is 23.1 Å². The van der Waals surface area contributed by atoms with Gasteiger partial charge in [-0.05, 0) is 68.5 Å². The minimum Gasteiger partial charge on any atom is -0.315 e. The summed E-state index contributed by atoms with van der Waals surface area (Å²) in [5.74, 6) is 0.187. The smallest absolute Gasteiger partial charge is 0.298 e. The van der Waals surface area contributed by atoms with E-state index in [1.54, 1.807) is 0 Å². The molecule has 1 unspecified atom stereocenters. The van der Waals surface area contributed by atoms with Gasteiger partial charge < -0.3 is 14.5 Å². The van der Waals surface area contributed by atoms with Gasteiger partial charge in [-0.25, -0.2) is 0 Å². The van der Waals surface area contributed by atoms with Gasteiger partial charge in [0, 0.05) is 24.3 Å². The van der Waals surface area contributed by atoms with E-state index >= 15 is 0 Å². The first kappa shape index (κ1) is 22.6. The summed E-state index contributed by atoms with van der Waals surface area (Å²) in [6.45, 7) is 9.21. The zero-order chi connectivity index (χ0) is 21.7. The van der Waals surface area contributed by atoms with Crippen LogP contribution in [0.25, 0.3) is 0 Å². The van der Waals surface area contributed by atoms with Gasteiger partial charge in [0.1, 0.15) is 0 Å². The molecule has 1 amide bonds. The molecule has 5 nitrogen and oxygen atoms in total. The summed E-state index contributed by atoms with van der Waals surface area (Å²) in [6.07, 6.45) is 3.61. The second-order valence-electron chi connectivity index (χ2n) is 8.03. The first-order valence-corrected chi connectivity index (χ1v) is 12.7. The van der Waals surface area contributed by atoms with Gasteiger partial charge >= 0.3 is 0 Å². The molecule has 30 heavy (non-hydrogen) atoms. The van der Waals surface area contributed by atoms with Crippen LogP contribution in [-0.4, -0.2) is 19.1 Å². The molecular weight excluding hydrogens is 395 g/mol. The largest absolute Gasteiger partial charge is 0.315 e. The Morgan fingerprint density at radius 2 is 1.90 bits per heavy atom. The van der Waals surface area contributed by atoms with Gasteiger partial charge in [-0.1, -0.05) is 37.1 Å². The average Bonchev–Trinajstić information content (AvgIpc) is 2.70. The number of unbranched alkanes of at least 4 members (excludes halogenated alkanes) is 1. The highest BCUT2D eigenvalue weighted by Crippen LogP contribution is 2.50. The van der Waals surface area contributed by atoms with E-state index < -0.39 is 7.52 Å². The Kier molecular flexibility index (Phi) is 7.38. The quantitative estimate of drug-likeness (QED) is 0.482. The van der Waals surface area contributed by atoms with E-state index in [4.69, 9.17) is 4.52 Å². The van der Waals surface area contributed by atoms with Crippen LogP contribution >= 0.6 is 7.52 Å². The lowest BCUT2D eigenvalue weighted by Gasteiger charge is -2.30. The maximum atomic E-state index is 13.6. The maximum absolute atomic E-state index is 13.6. The molecule has 0 aliphatic carbocycles. The predicted octanol–water partition coefficient (Wildman–Crippen LogP) is 6.22. The highest BCUT2D eigenvalue weighted by molar-refractivity contribution is 7.59. The Morgan fingerprint density at radius 3 is 2.60 bits per heavy atom. The number of rotatable bonds is 9. The number of carbonyl (C=O) groups excluding carboxylic acids is 1. The summed E-state index contributed by atoms with van der Waals surface area (Å²) < 4.78 is 19.4. The number of nitrogens with one attached hydrogen (secondary N) is 1. The van der Waals surface area contributed by atoms with E-state index in [0.29, 0.717) is 25.6 Å². The minimum absolute atomic E-state index is 0.187. The molecule has 0 radical (unpaired) electrons. The highest BCUT2D eigenvalue weighted by atomic mass is 31.2. The van der Waals surface area contributed by atoms with Gasteiger partial charge in [-0.15, -0.1) is 0 Å². The van der Waals surface area contributed by atoms with Gasteiger partial charge in [0.05, 0.1) is 12.8 Å². The molecule has 1 atom stereocenters. The van der Waals surface area contributed by atoms with E-state index in [9.17, 15) is 9.36 Å². The van der Waals surface area contributed by atoms with Gasteiger partial charge in [-0.2, -0.15) is 0 Å². The second-order valence-corrected chi connectivity index (χ2v) is 10.2. The Labute approximate surface area is 180 Å². The molecular formula is C24H33N2O3P. The lowest BCUT2D eigenvalue weighted by molar-refractivity contribution is -0.118. The van der Waals surface area contributed by atoms with Crippen LogP contribution in [0.2, 0.25) is 0 Å². The maximum Gasteiger partial charge on any atom is 0.298 e. The number of fused-ring (bicyclic) bond motifs is 1. The normalized spacial score (nSPS) is 15.6. The average molecular weight is 429 g/mol. The van der Waals surface area contributed by atoms with Crippen molar-refractivity contribution >= 4 is 24.8 Å². The summed E-state index contributed by atoms with van der Waals surface area (Å²) in [4.78, 5) is 14.3. The molecule has 1 aliphatic rings. The fraction of sp³-hybridized carbons (Fsp3) is 0.458. The van der Waals surface area contributed by atoms with E-state index in [1.165, 1.54) is 5.56 Å². The van der Waals surface area contributed by atoms with Crippen LogP contribution in [0.15, 0.2) is 36.4 Å². The Hall–Kier alpha value is -2.10. The predicted molar refractivity (Wildman–Crippen MR) is 124 cm³/mol. The SMILES string of the molecule is CCCCN1C(=O)CCc2cc(NP(=O)(Cc3ccc(C)cc3C)OCC)ccc21. The molecule has 2 aromatic carbocycles. The topological polar surface area (TPSA) is 58.6 Å². The van der Waals surface area contributed by atoms with E-state index in [-0.39, 0.29) is 5.91 Å². The van der Waals surface area contributed by atoms with Gasteiger partial charge in [0.25, 0.3) is 7.52 Å². The summed E-state index contributed by atoms with van der Waals surface area (Å²) in [5, 5.41) is 3.20. The molecule has 1 heterocycles. The third kappa shape index (κ3) is 5.33. The monoisotopic (exact) mass is 428 g/mol. The number of hydrogen-bond donors (Lipinski definition) is 1.